The van der Waals surface area contributed by atoms with Crippen LogP contribution in [-0.2, 0) is 20.9 Å². The number of methoxy groups -OCH3 is 1. The molecule has 0 unspecified atom stereocenters. The van der Waals surface area contributed by atoms with Crippen LogP contribution in [0.1, 0.15) is 62.0 Å². The molecule has 0 bridgehead atoms. The van der Waals surface area contributed by atoms with Gasteiger partial charge in [-0.25, -0.2) is 4.79 Å². The lowest BCUT2D eigenvalue weighted by Gasteiger charge is -2.59. The molecule has 1 amide bonds. The number of nitrogens with zero attached hydrogens (tertiary/aromatic N) is 2. The van der Waals surface area contributed by atoms with Gasteiger partial charge in [-0.1, -0.05) is 72.6 Å². The lowest BCUT2D eigenvalue weighted by molar-refractivity contribution is -0.256. The van der Waals surface area contributed by atoms with Crippen molar-refractivity contribution < 1.29 is 38.8 Å². The standard InChI is InChI=1S/C48H56N2O8S/c1-5-27-56-48-44(50(47(53)54-2)31-34-16-12-15-32-13-6-7-17-38(32)34)30-42(49-55-3)40-28-33(14-8-10-25-51)39(18-9-11-26-52)45(46(40)48)41-29-36(21-24-43(41)58-48)57-35-19-22-37(59-4)23-20-35/h5-7,12-13,15-17,19-24,28-29,33,39,44-46,51-52H,1,8-11,14,18,25-27,30-31H2,2-4H3/t33-,39+,44-,45+,46+,48+/m0/s1. The maximum absolute atomic E-state index is 14.3. The molecule has 0 aromatic heterocycles. The fourth-order valence-electron chi connectivity index (χ4n) is 9.64. The second-order valence-electron chi connectivity index (χ2n) is 15.5. The van der Waals surface area contributed by atoms with Crippen LogP contribution in [0.2, 0.25) is 0 Å². The van der Waals surface area contributed by atoms with Crippen LogP contribution in [0.3, 0.4) is 0 Å². The quantitative estimate of drug-likeness (QED) is 0.0438. The summed E-state index contributed by atoms with van der Waals surface area (Å²) in [6, 6.07) is 27.5. The molecule has 4 aromatic rings. The van der Waals surface area contributed by atoms with E-state index in [0.29, 0.717) is 30.1 Å². The first-order chi connectivity index (χ1) is 28.9. The molecule has 2 N–H and O–H groups in total. The first-order valence-corrected chi connectivity index (χ1v) is 21.9. The van der Waals surface area contributed by atoms with Gasteiger partial charge in [0.15, 0.2) is 0 Å². The number of oxime groups is 1. The Labute approximate surface area is 351 Å². The van der Waals surface area contributed by atoms with Crippen LogP contribution in [0, 0.1) is 17.8 Å². The van der Waals surface area contributed by atoms with Gasteiger partial charge in [-0.15, -0.1) is 18.3 Å². The Morgan fingerprint density at radius 2 is 1.71 bits per heavy atom. The third-order valence-electron chi connectivity index (χ3n) is 12.1. The monoisotopic (exact) mass is 820 g/mol. The predicted molar refractivity (Wildman–Crippen MR) is 232 cm³/mol. The largest absolute Gasteiger partial charge is 0.459 e. The minimum absolute atomic E-state index is 0.0756. The van der Waals surface area contributed by atoms with Crippen molar-refractivity contribution in [1.29, 1.82) is 0 Å². The van der Waals surface area contributed by atoms with E-state index in [4.69, 9.17) is 28.9 Å². The lowest BCUT2D eigenvalue weighted by Crippen LogP contribution is -2.70. The van der Waals surface area contributed by atoms with E-state index in [1.165, 1.54) is 7.11 Å². The number of fused-ring (bicyclic) bond motifs is 3. The highest BCUT2D eigenvalue weighted by atomic mass is 32.2. The number of aliphatic hydroxyl groups excluding tert-OH is 2. The minimum Gasteiger partial charge on any atom is -0.459 e. The van der Waals surface area contributed by atoms with E-state index in [1.807, 2.05) is 66.9 Å². The molecule has 1 saturated carbocycles. The molecule has 59 heavy (non-hydrogen) atoms. The summed E-state index contributed by atoms with van der Waals surface area (Å²) in [7, 11) is 2.95. The Balaban J connectivity index is 1.44. The number of carbonyl (C=O) groups is 1. The molecule has 312 valence electrons. The summed E-state index contributed by atoms with van der Waals surface area (Å²) < 4.78 is 26.5. The summed E-state index contributed by atoms with van der Waals surface area (Å²) in [4.78, 5) is 22.8. The molecule has 6 atom stereocenters. The molecular formula is C48H56N2O8S. The fraction of sp³-hybridized carbons (Fsp3) is 0.417. The van der Waals surface area contributed by atoms with Crippen molar-refractivity contribution >= 4 is 34.3 Å². The number of thioether (sulfide) groups is 1. The van der Waals surface area contributed by atoms with Gasteiger partial charge in [0.1, 0.15) is 30.4 Å². The van der Waals surface area contributed by atoms with Crippen molar-refractivity contribution in [3.05, 3.63) is 120 Å². The average Bonchev–Trinajstić information content (AvgIpc) is 3.26. The molecule has 0 saturated heterocycles. The van der Waals surface area contributed by atoms with Crippen LogP contribution in [0.5, 0.6) is 17.2 Å². The van der Waals surface area contributed by atoms with Crippen LogP contribution >= 0.6 is 11.8 Å². The second-order valence-corrected chi connectivity index (χ2v) is 16.3. The van der Waals surface area contributed by atoms with Gasteiger partial charge in [-0.2, -0.15) is 0 Å². The van der Waals surface area contributed by atoms with Crippen LogP contribution in [0.15, 0.2) is 119 Å². The molecule has 1 aliphatic heterocycles. The van der Waals surface area contributed by atoms with Crippen molar-refractivity contribution in [3.8, 4) is 17.2 Å². The van der Waals surface area contributed by atoms with Gasteiger partial charge in [0.2, 0.25) is 5.79 Å². The zero-order valence-electron chi connectivity index (χ0n) is 34.3. The number of amides is 1. The zero-order valence-corrected chi connectivity index (χ0v) is 35.1. The highest BCUT2D eigenvalue weighted by Crippen LogP contribution is 2.62. The maximum atomic E-state index is 14.3. The normalized spacial score (nSPS) is 23.7. The summed E-state index contributed by atoms with van der Waals surface area (Å²) in [5.41, 5.74) is 3.61. The smallest absolute Gasteiger partial charge is 0.410 e. The number of hydrogen-bond acceptors (Lipinski definition) is 10. The van der Waals surface area contributed by atoms with E-state index in [-0.39, 0.29) is 50.5 Å². The van der Waals surface area contributed by atoms with E-state index in [9.17, 15) is 15.0 Å². The summed E-state index contributed by atoms with van der Waals surface area (Å²) in [5, 5.41) is 26.6. The van der Waals surface area contributed by atoms with Crippen molar-refractivity contribution in [2.24, 2.45) is 22.9 Å². The molecule has 2 aliphatic carbocycles. The molecule has 0 radical (unpaired) electrons. The number of benzene rings is 4. The third-order valence-corrected chi connectivity index (χ3v) is 12.9. The van der Waals surface area contributed by atoms with Crippen LogP contribution in [0.25, 0.3) is 10.8 Å². The molecule has 1 fully saturated rings. The Bertz CT molecular complexity index is 2130. The lowest BCUT2D eigenvalue weighted by atomic mass is 9.55. The number of ether oxygens (including phenoxy) is 4. The molecule has 11 heteroatoms. The topological polar surface area (TPSA) is 119 Å². The van der Waals surface area contributed by atoms with Gasteiger partial charge in [-0.05, 0) is 108 Å². The number of carbonyl (C=O) groups excluding carboxylic acids is 1. The summed E-state index contributed by atoms with van der Waals surface area (Å²) in [5.74, 6) is 0.178. The van der Waals surface area contributed by atoms with Crippen molar-refractivity contribution in [1.82, 2.24) is 4.90 Å². The Hall–Kier alpha value is -4.81. The summed E-state index contributed by atoms with van der Waals surface area (Å²) >= 11 is 1.68. The van der Waals surface area contributed by atoms with Crippen molar-refractivity contribution in [2.75, 3.05) is 40.3 Å². The molecule has 0 spiro atoms. The Kier molecular flexibility index (Phi) is 14.0. The fourth-order valence-corrected chi connectivity index (χ4v) is 10.0. The molecule has 1 heterocycles. The van der Waals surface area contributed by atoms with E-state index >= 15 is 0 Å². The highest BCUT2D eigenvalue weighted by Gasteiger charge is 2.65. The van der Waals surface area contributed by atoms with Crippen LogP contribution in [-0.4, -0.2) is 79.0 Å². The van der Waals surface area contributed by atoms with Gasteiger partial charge in [0, 0.05) is 36.0 Å². The zero-order chi connectivity index (χ0) is 41.4. The average molecular weight is 821 g/mol. The number of hydrogen-bond donors (Lipinski definition) is 2. The minimum atomic E-state index is -1.41. The first kappa shape index (κ1) is 42.3. The van der Waals surface area contributed by atoms with Gasteiger partial charge < -0.3 is 34.0 Å². The van der Waals surface area contributed by atoms with Crippen LogP contribution in [0.4, 0.5) is 4.79 Å². The summed E-state index contributed by atoms with van der Waals surface area (Å²) in [6.45, 7) is 4.64. The van der Waals surface area contributed by atoms with Crippen molar-refractivity contribution in [2.45, 2.75) is 74.1 Å². The second kappa shape index (κ2) is 19.5. The third kappa shape index (κ3) is 8.75. The number of rotatable bonds is 18. The number of aliphatic hydroxyl groups is 2. The van der Waals surface area contributed by atoms with E-state index in [1.54, 1.807) is 29.8 Å². The SMILES string of the molecule is C=CCO[C@@]12Oc3ccc(Oc4ccc(SC)cc4)cc3[C@H]3[C@H](CCCCO)[C@@H](CCCCO)C=C(C(=NOC)C[C@@H]1N(Cc1cccc4ccccc14)C(=O)OC)[C@H]32. The van der Waals surface area contributed by atoms with E-state index in [2.05, 4.69) is 36.9 Å². The molecule has 10 nitrogen and oxygen atoms in total. The highest BCUT2D eigenvalue weighted by molar-refractivity contribution is 7.98. The maximum Gasteiger partial charge on any atom is 0.410 e. The van der Waals surface area contributed by atoms with Gasteiger partial charge in [-0.3, -0.25) is 4.90 Å². The predicted octanol–water partition coefficient (Wildman–Crippen LogP) is 9.89. The molecule has 3 aliphatic rings. The number of unbranched alkanes of at least 4 members (excludes halogenated alkanes) is 2. The Morgan fingerprint density at radius 1 is 0.966 bits per heavy atom. The van der Waals surface area contributed by atoms with E-state index < -0.39 is 23.8 Å². The molecule has 4 aromatic carbocycles. The van der Waals surface area contributed by atoms with Crippen LogP contribution < -0.4 is 9.47 Å². The number of allylic oxidation sites excluding steroid dienone is 1. The summed E-state index contributed by atoms with van der Waals surface area (Å²) in [6.07, 6.45) is 10.5. The molecular weight excluding hydrogens is 765 g/mol. The van der Waals surface area contributed by atoms with Crippen molar-refractivity contribution in [3.63, 3.8) is 0 Å². The van der Waals surface area contributed by atoms with Gasteiger partial charge in [0.25, 0.3) is 0 Å². The first-order valence-electron chi connectivity index (χ1n) is 20.6. The van der Waals surface area contributed by atoms with E-state index in [0.717, 1.165) is 63.8 Å². The Morgan fingerprint density at radius 3 is 2.44 bits per heavy atom. The van der Waals surface area contributed by atoms with Gasteiger partial charge in [0.05, 0.1) is 31.9 Å². The van der Waals surface area contributed by atoms with Gasteiger partial charge >= 0.3 is 6.09 Å². The molecule has 7 rings (SSSR count).